The third-order valence-corrected chi connectivity index (χ3v) is 3.63. The van der Waals surface area contributed by atoms with Gasteiger partial charge in [0.25, 0.3) is 0 Å². The highest BCUT2D eigenvalue weighted by atomic mass is 19.4. The summed E-state index contributed by atoms with van der Waals surface area (Å²) in [5, 5.41) is 3.23. The molecule has 1 aliphatic heterocycles. The van der Waals surface area contributed by atoms with Gasteiger partial charge in [0.15, 0.2) is 0 Å². The monoisotopic (exact) mass is 286 g/mol. The van der Waals surface area contributed by atoms with Crippen molar-refractivity contribution in [1.29, 1.82) is 0 Å². The Morgan fingerprint density at radius 1 is 1.15 bits per heavy atom. The van der Waals surface area contributed by atoms with E-state index in [0.717, 1.165) is 45.0 Å². The second-order valence-corrected chi connectivity index (χ2v) is 5.33. The first-order valence-electron chi connectivity index (χ1n) is 6.96. The average molecular weight is 286 g/mol. The average Bonchev–Trinajstić information content (AvgIpc) is 3.24. The summed E-state index contributed by atoms with van der Waals surface area (Å²) in [6.45, 7) is 3.07. The lowest BCUT2D eigenvalue weighted by Crippen LogP contribution is -2.29. The van der Waals surface area contributed by atoms with Gasteiger partial charge in [-0.05, 0) is 25.8 Å². The third kappa shape index (κ3) is 3.03. The van der Waals surface area contributed by atoms with Crippen molar-refractivity contribution < 1.29 is 13.2 Å². The van der Waals surface area contributed by atoms with E-state index in [4.69, 9.17) is 0 Å². The Hall–Kier alpha value is -1.37. The van der Waals surface area contributed by atoms with Gasteiger partial charge in [-0.25, -0.2) is 9.97 Å². The molecule has 1 aliphatic carbocycles. The van der Waals surface area contributed by atoms with Gasteiger partial charge in [0, 0.05) is 31.6 Å². The Balaban J connectivity index is 1.93. The van der Waals surface area contributed by atoms with E-state index in [9.17, 15) is 13.2 Å². The van der Waals surface area contributed by atoms with Gasteiger partial charge in [-0.1, -0.05) is 0 Å². The molecule has 0 unspecified atom stereocenters. The molecule has 1 saturated heterocycles. The van der Waals surface area contributed by atoms with Crippen LogP contribution >= 0.6 is 0 Å². The van der Waals surface area contributed by atoms with Crippen molar-refractivity contribution in [3.05, 3.63) is 17.6 Å². The number of hydrogen-bond acceptors (Lipinski definition) is 4. The Morgan fingerprint density at radius 3 is 2.65 bits per heavy atom. The lowest BCUT2D eigenvalue weighted by molar-refractivity contribution is -0.141. The number of hydrogen-bond donors (Lipinski definition) is 1. The summed E-state index contributed by atoms with van der Waals surface area (Å²) in [5.41, 5.74) is -0.818. The van der Waals surface area contributed by atoms with Gasteiger partial charge in [0.2, 0.25) is 0 Å². The topological polar surface area (TPSA) is 41.0 Å². The lowest BCUT2D eigenvalue weighted by atomic mass is 10.3. The zero-order valence-electron chi connectivity index (χ0n) is 11.1. The fourth-order valence-corrected chi connectivity index (χ4v) is 2.36. The van der Waals surface area contributed by atoms with Crippen LogP contribution in [-0.4, -0.2) is 36.1 Å². The SMILES string of the molecule is FC(F)(F)c1cc(N2CCCNCC2)nc(C2CC2)n1. The standard InChI is InChI=1S/C13H17F3N4/c14-13(15,16)10-8-11(19-12(18-10)9-2-3-9)20-6-1-4-17-5-7-20/h8-9,17H,1-7H2. The number of nitrogens with one attached hydrogen (secondary N) is 1. The molecule has 2 fully saturated rings. The van der Waals surface area contributed by atoms with E-state index < -0.39 is 11.9 Å². The van der Waals surface area contributed by atoms with Gasteiger partial charge in [-0.3, -0.25) is 0 Å². The van der Waals surface area contributed by atoms with Crippen LogP contribution in [0.2, 0.25) is 0 Å². The highest BCUT2D eigenvalue weighted by Crippen LogP contribution is 2.40. The molecule has 0 radical (unpaired) electrons. The molecule has 3 rings (SSSR count). The van der Waals surface area contributed by atoms with E-state index in [0.29, 0.717) is 18.2 Å². The van der Waals surface area contributed by atoms with E-state index in [-0.39, 0.29) is 5.92 Å². The molecule has 0 spiro atoms. The summed E-state index contributed by atoms with van der Waals surface area (Å²) < 4.78 is 38.9. The lowest BCUT2D eigenvalue weighted by Gasteiger charge is -2.22. The van der Waals surface area contributed by atoms with Crippen LogP contribution in [0.1, 0.15) is 36.7 Å². The predicted molar refractivity (Wildman–Crippen MR) is 68.7 cm³/mol. The molecule has 110 valence electrons. The van der Waals surface area contributed by atoms with Gasteiger partial charge in [-0.15, -0.1) is 0 Å². The number of rotatable bonds is 2. The zero-order valence-corrected chi connectivity index (χ0v) is 11.1. The summed E-state index contributed by atoms with van der Waals surface area (Å²) in [6.07, 6.45) is -1.72. The molecule has 1 N–H and O–H groups in total. The van der Waals surface area contributed by atoms with Crippen LogP contribution in [0.25, 0.3) is 0 Å². The molecule has 1 aromatic rings. The maximum Gasteiger partial charge on any atom is 0.433 e. The summed E-state index contributed by atoms with van der Waals surface area (Å²) in [4.78, 5) is 9.99. The van der Waals surface area contributed by atoms with E-state index in [2.05, 4.69) is 15.3 Å². The van der Waals surface area contributed by atoms with Gasteiger partial charge in [-0.2, -0.15) is 13.2 Å². The normalized spacial score (nSPS) is 20.9. The fourth-order valence-electron chi connectivity index (χ4n) is 2.36. The summed E-state index contributed by atoms with van der Waals surface area (Å²) >= 11 is 0. The van der Waals surface area contributed by atoms with Gasteiger partial charge >= 0.3 is 6.18 Å². The number of halogens is 3. The second-order valence-electron chi connectivity index (χ2n) is 5.33. The zero-order chi connectivity index (χ0) is 14.2. The number of anilines is 1. The van der Waals surface area contributed by atoms with Crippen LogP contribution in [-0.2, 0) is 6.18 Å². The first-order chi connectivity index (χ1) is 9.54. The van der Waals surface area contributed by atoms with Crippen LogP contribution in [0.3, 0.4) is 0 Å². The van der Waals surface area contributed by atoms with Crippen LogP contribution in [0, 0.1) is 0 Å². The molecule has 0 atom stereocenters. The van der Waals surface area contributed by atoms with E-state index in [1.165, 1.54) is 0 Å². The molecule has 0 amide bonds. The van der Waals surface area contributed by atoms with Gasteiger partial charge in [0.1, 0.15) is 17.3 Å². The number of nitrogens with zero attached hydrogens (tertiary/aromatic N) is 3. The van der Waals surface area contributed by atoms with Crippen molar-refractivity contribution in [2.45, 2.75) is 31.4 Å². The molecule has 1 aromatic heterocycles. The van der Waals surface area contributed by atoms with Crippen LogP contribution in [0.15, 0.2) is 6.07 Å². The van der Waals surface area contributed by atoms with Crippen LogP contribution in [0.5, 0.6) is 0 Å². The first-order valence-corrected chi connectivity index (χ1v) is 6.96. The Kier molecular flexibility index (Phi) is 3.54. The summed E-state index contributed by atoms with van der Waals surface area (Å²) in [7, 11) is 0. The molecule has 20 heavy (non-hydrogen) atoms. The Labute approximate surface area is 115 Å². The van der Waals surface area contributed by atoms with Crippen molar-refractivity contribution in [3.8, 4) is 0 Å². The fraction of sp³-hybridized carbons (Fsp3) is 0.692. The molecule has 2 heterocycles. The highest BCUT2D eigenvalue weighted by Gasteiger charge is 2.36. The third-order valence-electron chi connectivity index (χ3n) is 3.63. The molecule has 7 heteroatoms. The Morgan fingerprint density at radius 2 is 1.95 bits per heavy atom. The number of alkyl halides is 3. The molecule has 0 aromatic carbocycles. The summed E-state index contributed by atoms with van der Waals surface area (Å²) in [5.74, 6) is 0.881. The molecule has 4 nitrogen and oxygen atoms in total. The van der Waals surface area contributed by atoms with Crippen molar-refractivity contribution in [2.75, 3.05) is 31.1 Å². The molecular weight excluding hydrogens is 269 g/mol. The van der Waals surface area contributed by atoms with Crippen molar-refractivity contribution in [3.63, 3.8) is 0 Å². The molecular formula is C13H17F3N4. The van der Waals surface area contributed by atoms with Crippen LogP contribution in [0.4, 0.5) is 19.0 Å². The van der Waals surface area contributed by atoms with Crippen molar-refractivity contribution >= 4 is 5.82 Å². The quantitative estimate of drug-likeness (QED) is 0.904. The first kappa shape index (κ1) is 13.6. The second kappa shape index (κ2) is 5.20. The van der Waals surface area contributed by atoms with E-state index in [1.807, 2.05) is 4.90 Å². The Bertz CT molecular complexity index is 477. The van der Waals surface area contributed by atoms with Crippen LogP contribution < -0.4 is 10.2 Å². The highest BCUT2D eigenvalue weighted by molar-refractivity contribution is 5.41. The maximum absolute atomic E-state index is 13.0. The maximum atomic E-state index is 13.0. The minimum atomic E-state index is -4.41. The summed E-state index contributed by atoms with van der Waals surface area (Å²) in [6, 6.07) is 1.08. The number of aromatic nitrogens is 2. The van der Waals surface area contributed by atoms with Gasteiger partial charge in [0.05, 0.1) is 0 Å². The molecule has 1 saturated carbocycles. The van der Waals surface area contributed by atoms with Crippen molar-refractivity contribution in [2.24, 2.45) is 0 Å². The smallest absolute Gasteiger partial charge is 0.355 e. The molecule has 2 aliphatic rings. The molecule has 0 bridgehead atoms. The van der Waals surface area contributed by atoms with E-state index in [1.54, 1.807) is 0 Å². The van der Waals surface area contributed by atoms with Crippen molar-refractivity contribution in [1.82, 2.24) is 15.3 Å². The largest absolute Gasteiger partial charge is 0.433 e. The minimum Gasteiger partial charge on any atom is -0.355 e. The van der Waals surface area contributed by atoms with E-state index >= 15 is 0 Å². The predicted octanol–water partition coefficient (Wildman–Crippen LogP) is 2.17. The minimum absolute atomic E-state index is 0.112. The van der Waals surface area contributed by atoms with Gasteiger partial charge < -0.3 is 10.2 Å².